The zero-order valence-electron chi connectivity index (χ0n) is 10.1. The number of carbonyl (C=O) groups is 1. The van der Waals surface area contributed by atoms with Gasteiger partial charge in [0.05, 0.1) is 6.10 Å². The van der Waals surface area contributed by atoms with Crippen LogP contribution in [0.25, 0.3) is 0 Å². The summed E-state index contributed by atoms with van der Waals surface area (Å²) in [6.07, 6.45) is 4.90. The lowest BCUT2D eigenvalue weighted by Gasteiger charge is -2.27. The minimum absolute atomic E-state index is 0.0304. The van der Waals surface area contributed by atoms with Crippen molar-refractivity contribution in [1.82, 2.24) is 5.32 Å². The van der Waals surface area contributed by atoms with Crippen molar-refractivity contribution >= 4 is 5.91 Å². The molecule has 1 rings (SSSR count). The quantitative estimate of drug-likeness (QED) is 0.776. The lowest BCUT2D eigenvalue weighted by atomic mass is 9.87. The summed E-state index contributed by atoms with van der Waals surface area (Å²) in [5.41, 5.74) is 0. The highest BCUT2D eigenvalue weighted by Crippen LogP contribution is 2.23. The monoisotopic (exact) mass is 213 g/mol. The van der Waals surface area contributed by atoms with Gasteiger partial charge in [0, 0.05) is 6.04 Å². The number of nitrogens with one attached hydrogen (secondary N) is 1. The van der Waals surface area contributed by atoms with E-state index in [-0.39, 0.29) is 18.6 Å². The molecule has 0 radical (unpaired) electrons. The highest BCUT2D eigenvalue weighted by atomic mass is 16.5. The summed E-state index contributed by atoms with van der Waals surface area (Å²) in [5.74, 6) is 0.776. The van der Waals surface area contributed by atoms with Crippen LogP contribution in [0.4, 0.5) is 0 Å². The summed E-state index contributed by atoms with van der Waals surface area (Å²) < 4.78 is 5.26. The lowest BCUT2D eigenvalue weighted by molar-refractivity contribution is -0.128. The maximum atomic E-state index is 11.5. The molecule has 0 heterocycles. The van der Waals surface area contributed by atoms with Gasteiger partial charge in [-0.3, -0.25) is 4.79 Å². The molecule has 88 valence electrons. The molecule has 3 nitrogen and oxygen atoms in total. The Balaban J connectivity index is 2.19. The van der Waals surface area contributed by atoms with Crippen molar-refractivity contribution in [3.63, 3.8) is 0 Å². The molecule has 2 atom stereocenters. The van der Waals surface area contributed by atoms with Crippen molar-refractivity contribution in [1.29, 1.82) is 0 Å². The molecule has 0 aliphatic heterocycles. The maximum absolute atomic E-state index is 11.5. The molecule has 0 aromatic heterocycles. The third-order valence-corrected chi connectivity index (χ3v) is 2.85. The van der Waals surface area contributed by atoms with Crippen LogP contribution in [0.3, 0.4) is 0 Å². The lowest BCUT2D eigenvalue weighted by Crippen LogP contribution is -2.40. The molecule has 0 bridgehead atoms. The number of hydrogen-bond acceptors (Lipinski definition) is 2. The van der Waals surface area contributed by atoms with Crippen LogP contribution < -0.4 is 5.32 Å². The molecule has 1 amide bonds. The van der Waals surface area contributed by atoms with Crippen LogP contribution in [0.15, 0.2) is 0 Å². The van der Waals surface area contributed by atoms with Gasteiger partial charge in [0.2, 0.25) is 5.91 Å². The van der Waals surface area contributed by atoms with Crippen molar-refractivity contribution in [3.05, 3.63) is 0 Å². The molecule has 0 aromatic carbocycles. The zero-order chi connectivity index (χ0) is 11.3. The number of carbonyl (C=O) groups excluding carboxylic acids is 1. The molecular weight excluding hydrogens is 190 g/mol. The first-order valence-corrected chi connectivity index (χ1v) is 5.99. The molecular formula is C12H23NO2. The standard InChI is InChI=1S/C12H23NO2/c1-9(2)15-8-12(14)13-11-6-4-5-10(3)7-11/h9-11H,4-8H2,1-3H3,(H,13,14). The summed E-state index contributed by atoms with van der Waals surface area (Å²) in [5, 5.41) is 3.04. The van der Waals surface area contributed by atoms with E-state index in [1.54, 1.807) is 0 Å². The van der Waals surface area contributed by atoms with Gasteiger partial charge in [-0.05, 0) is 32.6 Å². The van der Waals surface area contributed by atoms with Gasteiger partial charge >= 0.3 is 0 Å². The van der Waals surface area contributed by atoms with Gasteiger partial charge in [0.1, 0.15) is 6.61 Å². The molecule has 0 spiro atoms. The molecule has 1 aliphatic rings. The minimum Gasteiger partial charge on any atom is -0.369 e. The van der Waals surface area contributed by atoms with Crippen molar-refractivity contribution in [3.8, 4) is 0 Å². The van der Waals surface area contributed by atoms with Gasteiger partial charge in [-0.1, -0.05) is 19.8 Å². The third-order valence-electron chi connectivity index (χ3n) is 2.85. The van der Waals surface area contributed by atoms with E-state index in [1.807, 2.05) is 13.8 Å². The van der Waals surface area contributed by atoms with Crippen LogP contribution in [0.2, 0.25) is 0 Å². The van der Waals surface area contributed by atoms with E-state index < -0.39 is 0 Å². The average molecular weight is 213 g/mol. The van der Waals surface area contributed by atoms with Crippen molar-refractivity contribution in [2.24, 2.45) is 5.92 Å². The highest BCUT2D eigenvalue weighted by molar-refractivity contribution is 5.77. The second kappa shape index (κ2) is 6.11. The van der Waals surface area contributed by atoms with Crippen LogP contribution in [-0.4, -0.2) is 24.7 Å². The Bertz CT molecular complexity index is 204. The van der Waals surface area contributed by atoms with E-state index in [4.69, 9.17) is 4.74 Å². The Kier molecular flexibility index (Phi) is 5.09. The molecule has 15 heavy (non-hydrogen) atoms. The molecule has 2 unspecified atom stereocenters. The molecule has 1 N–H and O–H groups in total. The molecule has 0 aromatic rings. The predicted molar refractivity (Wildman–Crippen MR) is 60.7 cm³/mol. The Hall–Kier alpha value is -0.570. The first kappa shape index (κ1) is 12.5. The second-order valence-electron chi connectivity index (χ2n) is 4.90. The van der Waals surface area contributed by atoms with Crippen LogP contribution in [0.1, 0.15) is 46.5 Å². The van der Waals surface area contributed by atoms with E-state index in [9.17, 15) is 4.79 Å². The largest absolute Gasteiger partial charge is 0.369 e. The van der Waals surface area contributed by atoms with Crippen LogP contribution in [0.5, 0.6) is 0 Å². The van der Waals surface area contributed by atoms with E-state index in [0.717, 1.165) is 18.8 Å². The van der Waals surface area contributed by atoms with Gasteiger partial charge in [0.25, 0.3) is 0 Å². The van der Waals surface area contributed by atoms with Crippen molar-refractivity contribution < 1.29 is 9.53 Å². The summed E-state index contributed by atoms with van der Waals surface area (Å²) >= 11 is 0. The first-order chi connectivity index (χ1) is 7.08. The van der Waals surface area contributed by atoms with Gasteiger partial charge in [-0.15, -0.1) is 0 Å². The fourth-order valence-corrected chi connectivity index (χ4v) is 2.08. The Labute approximate surface area is 92.6 Å². The summed E-state index contributed by atoms with van der Waals surface area (Å²) in [4.78, 5) is 11.5. The highest BCUT2D eigenvalue weighted by Gasteiger charge is 2.20. The van der Waals surface area contributed by atoms with Crippen LogP contribution >= 0.6 is 0 Å². The zero-order valence-corrected chi connectivity index (χ0v) is 10.1. The second-order valence-corrected chi connectivity index (χ2v) is 4.90. The van der Waals surface area contributed by atoms with Gasteiger partial charge in [0.15, 0.2) is 0 Å². The fourth-order valence-electron chi connectivity index (χ4n) is 2.08. The minimum atomic E-state index is 0.0304. The number of ether oxygens (including phenoxy) is 1. The topological polar surface area (TPSA) is 38.3 Å². The van der Waals surface area contributed by atoms with E-state index in [0.29, 0.717) is 6.04 Å². The first-order valence-electron chi connectivity index (χ1n) is 5.99. The average Bonchev–Trinajstić information content (AvgIpc) is 2.15. The summed E-state index contributed by atoms with van der Waals surface area (Å²) in [6.45, 7) is 6.33. The fraction of sp³-hybridized carbons (Fsp3) is 0.917. The predicted octanol–water partition coefficient (Wildman–Crippen LogP) is 2.11. The molecule has 1 aliphatic carbocycles. The molecule has 1 fully saturated rings. The van der Waals surface area contributed by atoms with Crippen molar-refractivity contribution in [2.45, 2.75) is 58.6 Å². The van der Waals surface area contributed by atoms with Gasteiger partial charge < -0.3 is 10.1 Å². The number of hydrogen-bond donors (Lipinski definition) is 1. The van der Waals surface area contributed by atoms with E-state index >= 15 is 0 Å². The smallest absolute Gasteiger partial charge is 0.246 e. The van der Waals surface area contributed by atoms with Gasteiger partial charge in [-0.2, -0.15) is 0 Å². The Morgan fingerprint density at radius 3 is 2.80 bits per heavy atom. The number of amides is 1. The van der Waals surface area contributed by atoms with Crippen LogP contribution in [0, 0.1) is 5.92 Å². The van der Waals surface area contributed by atoms with E-state index in [1.165, 1.54) is 12.8 Å². The summed E-state index contributed by atoms with van der Waals surface area (Å²) in [7, 11) is 0. The van der Waals surface area contributed by atoms with Crippen LogP contribution in [-0.2, 0) is 9.53 Å². The Morgan fingerprint density at radius 1 is 1.47 bits per heavy atom. The van der Waals surface area contributed by atoms with Crippen molar-refractivity contribution in [2.75, 3.05) is 6.61 Å². The SMILES string of the molecule is CC1CCCC(NC(=O)COC(C)C)C1. The number of rotatable bonds is 4. The molecule has 1 saturated carbocycles. The molecule has 0 saturated heterocycles. The van der Waals surface area contributed by atoms with E-state index in [2.05, 4.69) is 12.2 Å². The molecule has 3 heteroatoms. The van der Waals surface area contributed by atoms with Gasteiger partial charge in [-0.25, -0.2) is 0 Å². The summed E-state index contributed by atoms with van der Waals surface area (Å²) in [6, 6.07) is 0.372. The Morgan fingerprint density at radius 2 is 2.20 bits per heavy atom. The third kappa shape index (κ3) is 5.17. The maximum Gasteiger partial charge on any atom is 0.246 e. The normalized spacial score (nSPS) is 26.7.